The molecule has 1 aromatic heterocycles. The zero-order valence-corrected chi connectivity index (χ0v) is 13.3. The third kappa shape index (κ3) is 2.92. The van der Waals surface area contributed by atoms with Crippen molar-refractivity contribution in [1.29, 1.82) is 0 Å². The Morgan fingerprint density at radius 2 is 1.74 bits per heavy atom. The maximum absolute atomic E-state index is 13.2. The zero-order chi connectivity index (χ0) is 14.2. The van der Waals surface area contributed by atoms with Crippen LogP contribution in [0, 0.1) is 12.7 Å². The Kier molecular flexibility index (Phi) is 3.59. The lowest BCUT2D eigenvalue weighted by atomic mass is 10.0. The topological polar surface area (TPSA) is 3.88 Å². The Morgan fingerprint density at radius 3 is 2.26 bits per heavy atom. The van der Waals surface area contributed by atoms with Gasteiger partial charge in [0, 0.05) is 16.8 Å². The van der Waals surface area contributed by atoms with Gasteiger partial charge in [0.05, 0.1) is 8.07 Å². The minimum absolute atomic E-state index is 0.178. The van der Waals surface area contributed by atoms with E-state index in [4.69, 9.17) is 0 Å². The van der Waals surface area contributed by atoms with Crippen molar-refractivity contribution in [3.63, 3.8) is 0 Å². The zero-order valence-electron chi connectivity index (χ0n) is 12.3. The average Bonchev–Trinajstić information content (AvgIpc) is 2.28. The van der Waals surface area contributed by atoms with Crippen molar-refractivity contribution in [2.24, 2.45) is 7.05 Å². The Bertz CT molecular complexity index is 615. The van der Waals surface area contributed by atoms with Gasteiger partial charge < -0.3 is 0 Å². The summed E-state index contributed by atoms with van der Waals surface area (Å²) in [4.78, 5) is 0. The summed E-state index contributed by atoms with van der Waals surface area (Å²) in [7, 11) is 0.765. The summed E-state index contributed by atoms with van der Waals surface area (Å²) < 4.78 is 15.3. The smallest absolute Gasteiger partial charge is 0.207 e. The maximum Gasteiger partial charge on any atom is 0.212 e. The molecule has 2 aromatic rings. The molecule has 0 radical (unpaired) electrons. The Balaban J connectivity index is 2.52. The van der Waals surface area contributed by atoms with Crippen LogP contribution in [0.3, 0.4) is 0 Å². The van der Waals surface area contributed by atoms with Crippen LogP contribution in [0.1, 0.15) is 5.56 Å². The quantitative estimate of drug-likeness (QED) is 0.585. The van der Waals surface area contributed by atoms with Crippen LogP contribution in [0.15, 0.2) is 36.5 Å². The second kappa shape index (κ2) is 4.89. The first-order valence-electron chi connectivity index (χ1n) is 6.56. The third-order valence-corrected chi connectivity index (χ3v) is 5.49. The second-order valence-corrected chi connectivity index (χ2v) is 11.2. The number of aromatic nitrogens is 1. The molecular formula is C16H21FNSi+. The lowest BCUT2D eigenvalue weighted by Crippen LogP contribution is -2.44. The summed E-state index contributed by atoms with van der Waals surface area (Å²) in [5, 5.41) is 1.43. The van der Waals surface area contributed by atoms with Crippen LogP contribution in [0.4, 0.5) is 4.39 Å². The van der Waals surface area contributed by atoms with Crippen molar-refractivity contribution in [3.8, 4) is 11.3 Å². The van der Waals surface area contributed by atoms with E-state index in [1.54, 1.807) is 6.07 Å². The largest absolute Gasteiger partial charge is 0.212 e. The fourth-order valence-corrected chi connectivity index (χ4v) is 3.41. The number of aryl methyl sites for hydroxylation is 2. The predicted molar refractivity (Wildman–Crippen MR) is 80.7 cm³/mol. The van der Waals surface area contributed by atoms with Gasteiger partial charge >= 0.3 is 0 Å². The second-order valence-electron chi connectivity index (χ2n) is 6.12. The molecule has 1 heterocycles. The summed E-state index contributed by atoms with van der Waals surface area (Å²) in [6, 6.07) is 9.32. The van der Waals surface area contributed by atoms with E-state index in [1.807, 2.05) is 13.0 Å². The lowest BCUT2D eigenvalue weighted by Gasteiger charge is -2.15. The number of nitrogens with zero attached hydrogens (tertiary/aromatic N) is 1. The molecule has 0 amide bonds. The summed E-state index contributed by atoms with van der Waals surface area (Å²) in [6.07, 6.45) is 2.21. The molecule has 0 spiro atoms. The lowest BCUT2D eigenvalue weighted by molar-refractivity contribution is -0.659. The van der Waals surface area contributed by atoms with Crippen LogP contribution in [-0.2, 0) is 7.05 Å². The Hall–Kier alpha value is -1.48. The van der Waals surface area contributed by atoms with Crippen LogP contribution >= 0.6 is 0 Å². The van der Waals surface area contributed by atoms with Gasteiger partial charge in [0.25, 0.3) is 0 Å². The number of rotatable bonds is 2. The molecule has 0 saturated carbocycles. The van der Waals surface area contributed by atoms with Gasteiger partial charge in [0.15, 0.2) is 6.20 Å². The van der Waals surface area contributed by atoms with Crippen molar-refractivity contribution in [3.05, 3.63) is 47.9 Å². The molecule has 1 nitrogen and oxygen atoms in total. The summed E-state index contributed by atoms with van der Waals surface area (Å²) in [5.74, 6) is -0.178. The summed E-state index contributed by atoms with van der Waals surface area (Å²) >= 11 is 0. The number of pyridine rings is 1. The van der Waals surface area contributed by atoms with E-state index in [2.05, 4.69) is 49.6 Å². The van der Waals surface area contributed by atoms with E-state index in [0.29, 0.717) is 0 Å². The molecular weight excluding hydrogens is 253 g/mol. The van der Waals surface area contributed by atoms with E-state index < -0.39 is 8.07 Å². The van der Waals surface area contributed by atoms with Crippen molar-refractivity contribution in [1.82, 2.24) is 0 Å². The van der Waals surface area contributed by atoms with Crippen LogP contribution in [0.5, 0.6) is 0 Å². The van der Waals surface area contributed by atoms with E-state index in [1.165, 1.54) is 11.3 Å². The van der Waals surface area contributed by atoms with Crippen LogP contribution in [0.2, 0.25) is 19.6 Å². The van der Waals surface area contributed by atoms with Crippen LogP contribution in [0.25, 0.3) is 11.3 Å². The molecule has 0 N–H and O–H groups in total. The van der Waals surface area contributed by atoms with Gasteiger partial charge in [-0.3, -0.25) is 0 Å². The van der Waals surface area contributed by atoms with Gasteiger partial charge in [-0.1, -0.05) is 25.7 Å². The van der Waals surface area contributed by atoms with Crippen molar-refractivity contribution in [2.45, 2.75) is 26.6 Å². The molecule has 100 valence electrons. The fourth-order valence-electron chi connectivity index (χ4n) is 2.25. The number of hydrogen-bond donors (Lipinski definition) is 0. The van der Waals surface area contributed by atoms with Crippen molar-refractivity contribution in [2.75, 3.05) is 0 Å². The normalized spacial score (nSPS) is 11.7. The fraction of sp³-hybridized carbons (Fsp3) is 0.312. The number of halogens is 1. The van der Waals surface area contributed by atoms with E-state index in [-0.39, 0.29) is 5.82 Å². The SMILES string of the molecule is Cc1cc(F)ccc1-c1ccc([Si](C)(C)C)c[n+]1C. The van der Waals surface area contributed by atoms with Crippen LogP contribution < -0.4 is 9.75 Å². The Labute approximate surface area is 115 Å². The first-order valence-corrected chi connectivity index (χ1v) is 10.1. The first kappa shape index (κ1) is 13.9. The van der Waals surface area contributed by atoms with Gasteiger partial charge in [-0.05, 0) is 30.7 Å². The highest BCUT2D eigenvalue weighted by Crippen LogP contribution is 2.20. The molecule has 0 bridgehead atoms. The molecule has 3 heteroatoms. The van der Waals surface area contributed by atoms with E-state index in [0.717, 1.165) is 16.8 Å². The molecule has 0 aliphatic rings. The minimum Gasteiger partial charge on any atom is -0.207 e. The molecule has 19 heavy (non-hydrogen) atoms. The molecule has 0 fully saturated rings. The monoisotopic (exact) mass is 274 g/mol. The van der Waals surface area contributed by atoms with Crippen LogP contribution in [-0.4, -0.2) is 8.07 Å². The summed E-state index contributed by atoms with van der Waals surface area (Å²) in [5.41, 5.74) is 3.18. The molecule has 1 aromatic carbocycles. The highest BCUT2D eigenvalue weighted by atomic mass is 28.3. The maximum atomic E-state index is 13.2. The summed E-state index contributed by atoms with van der Waals surface area (Å²) in [6.45, 7) is 8.96. The Morgan fingerprint density at radius 1 is 1.05 bits per heavy atom. The van der Waals surface area contributed by atoms with Gasteiger partial charge in [-0.2, -0.15) is 0 Å². The molecule has 0 aliphatic carbocycles. The standard InChI is InChI=1S/C16H21FNSi/c1-12-10-13(17)6-8-15(12)16-9-7-14(11-18(16)2)19(3,4)5/h6-11H,1-5H3/q+1. The third-order valence-electron chi connectivity index (χ3n) is 3.46. The average molecular weight is 274 g/mol. The highest BCUT2D eigenvalue weighted by Gasteiger charge is 2.21. The molecule has 0 saturated heterocycles. The van der Waals surface area contributed by atoms with Crippen molar-refractivity contribution < 1.29 is 8.96 Å². The van der Waals surface area contributed by atoms with Gasteiger partial charge in [0.2, 0.25) is 5.69 Å². The van der Waals surface area contributed by atoms with Gasteiger partial charge in [0.1, 0.15) is 12.9 Å². The van der Waals surface area contributed by atoms with Gasteiger partial charge in [-0.15, -0.1) is 0 Å². The van der Waals surface area contributed by atoms with E-state index in [9.17, 15) is 4.39 Å². The van der Waals surface area contributed by atoms with E-state index >= 15 is 0 Å². The molecule has 0 unspecified atom stereocenters. The predicted octanol–water partition coefficient (Wildman–Crippen LogP) is 3.17. The van der Waals surface area contributed by atoms with Crippen molar-refractivity contribution >= 4 is 13.3 Å². The molecule has 0 atom stereocenters. The molecule has 2 rings (SSSR count). The first-order chi connectivity index (χ1) is 8.79. The molecule has 0 aliphatic heterocycles. The number of benzene rings is 1. The number of hydrogen-bond acceptors (Lipinski definition) is 0. The van der Waals surface area contributed by atoms with Gasteiger partial charge in [-0.25, -0.2) is 8.96 Å². The highest BCUT2D eigenvalue weighted by molar-refractivity contribution is 6.88. The minimum atomic E-state index is -1.29.